The van der Waals surface area contributed by atoms with E-state index < -0.39 is 0 Å². The Hall–Kier alpha value is -2.83. The molecule has 0 radical (unpaired) electrons. The van der Waals surface area contributed by atoms with Crippen molar-refractivity contribution in [1.82, 2.24) is 19.7 Å². The molecular formula is C15H16N4O3. The van der Waals surface area contributed by atoms with E-state index in [-0.39, 0.29) is 0 Å². The second-order valence-electron chi connectivity index (χ2n) is 4.68. The molecular weight excluding hydrogens is 284 g/mol. The van der Waals surface area contributed by atoms with Crippen molar-refractivity contribution < 1.29 is 13.9 Å². The van der Waals surface area contributed by atoms with Crippen molar-refractivity contribution in [3.8, 4) is 23.0 Å². The van der Waals surface area contributed by atoms with Crippen LogP contribution in [-0.2, 0) is 6.54 Å². The van der Waals surface area contributed by atoms with Crippen molar-refractivity contribution in [2.75, 3.05) is 14.2 Å². The lowest BCUT2D eigenvalue weighted by atomic mass is 10.2. The average Bonchev–Trinajstić information content (AvgIpc) is 3.17. The van der Waals surface area contributed by atoms with E-state index in [2.05, 4.69) is 15.1 Å². The van der Waals surface area contributed by atoms with Crippen LogP contribution in [0.4, 0.5) is 0 Å². The number of benzene rings is 1. The third-order valence-corrected chi connectivity index (χ3v) is 3.31. The van der Waals surface area contributed by atoms with Gasteiger partial charge in [-0.25, -0.2) is 14.6 Å². The molecule has 0 saturated heterocycles. The predicted molar refractivity (Wildman–Crippen MR) is 78.9 cm³/mol. The summed E-state index contributed by atoms with van der Waals surface area (Å²) in [5.74, 6) is 2.61. The first-order chi connectivity index (χ1) is 10.7. The SMILES string of the molecule is COc1ccc(OC)c(-c2nc(Cn3cncn3)c(C)o2)c1. The predicted octanol–water partition coefficient (Wildman–Crippen LogP) is 2.31. The molecule has 3 rings (SSSR count). The van der Waals surface area contributed by atoms with E-state index in [1.165, 1.54) is 6.33 Å². The second-order valence-corrected chi connectivity index (χ2v) is 4.68. The lowest BCUT2D eigenvalue weighted by molar-refractivity contribution is 0.402. The normalized spacial score (nSPS) is 10.7. The zero-order valence-electron chi connectivity index (χ0n) is 12.6. The number of aryl methyl sites for hydroxylation is 1. The maximum absolute atomic E-state index is 5.78. The van der Waals surface area contributed by atoms with Gasteiger partial charge in [0.05, 0.1) is 26.3 Å². The first-order valence-electron chi connectivity index (χ1n) is 6.72. The van der Waals surface area contributed by atoms with E-state index in [1.807, 2.05) is 25.1 Å². The molecule has 0 fully saturated rings. The lowest BCUT2D eigenvalue weighted by Gasteiger charge is -2.07. The molecule has 0 saturated carbocycles. The molecule has 0 aliphatic carbocycles. The molecule has 7 heteroatoms. The summed E-state index contributed by atoms with van der Waals surface area (Å²) in [7, 11) is 3.22. The van der Waals surface area contributed by atoms with Gasteiger partial charge in [0.2, 0.25) is 5.89 Å². The van der Waals surface area contributed by atoms with E-state index in [0.717, 1.165) is 17.0 Å². The molecule has 0 amide bonds. The molecule has 0 bridgehead atoms. The van der Waals surface area contributed by atoms with Gasteiger partial charge in [-0.15, -0.1) is 0 Å². The summed E-state index contributed by atoms with van der Waals surface area (Å²) in [6.07, 6.45) is 3.13. The van der Waals surface area contributed by atoms with E-state index in [9.17, 15) is 0 Å². The van der Waals surface area contributed by atoms with E-state index in [0.29, 0.717) is 23.9 Å². The maximum atomic E-state index is 5.78. The second kappa shape index (κ2) is 5.88. The molecule has 0 aliphatic heterocycles. The Balaban J connectivity index is 1.98. The van der Waals surface area contributed by atoms with Crippen molar-refractivity contribution in [3.05, 3.63) is 42.3 Å². The summed E-state index contributed by atoms with van der Waals surface area (Å²) in [5.41, 5.74) is 1.54. The third kappa shape index (κ3) is 2.65. The minimum atomic E-state index is 0.489. The number of rotatable bonds is 5. The maximum Gasteiger partial charge on any atom is 0.230 e. The average molecular weight is 300 g/mol. The van der Waals surface area contributed by atoms with Crippen molar-refractivity contribution in [1.29, 1.82) is 0 Å². The van der Waals surface area contributed by atoms with Gasteiger partial charge in [-0.2, -0.15) is 5.10 Å². The van der Waals surface area contributed by atoms with Gasteiger partial charge in [-0.1, -0.05) is 0 Å². The van der Waals surface area contributed by atoms with Crippen LogP contribution in [-0.4, -0.2) is 34.0 Å². The van der Waals surface area contributed by atoms with Gasteiger partial charge < -0.3 is 13.9 Å². The molecule has 0 N–H and O–H groups in total. The Labute approximate surface area is 127 Å². The third-order valence-electron chi connectivity index (χ3n) is 3.31. The minimum absolute atomic E-state index is 0.489. The molecule has 7 nitrogen and oxygen atoms in total. The van der Waals surface area contributed by atoms with E-state index >= 15 is 0 Å². The highest BCUT2D eigenvalue weighted by Crippen LogP contribution is 2.33. The van der Waals surface area contributed by atoms with Crippen molar-refractivity contribution in [3.63, 3.8) is 0 Å². The van der Waals surface area contributed by atoms with E-state index in [4.69, 9.17) is 13.9 Å². The van der Waals surface area contributed by atoms with Gasteiger partial charge in [0.15, 0.2) is 0 Å². The molecule has 1 aromatic carbocycles. The topological polar surface area (TPSA) is 75.2 Å². The smallest absolute Gasteiger partial charge is 0.230 e. The number of nitrogens with zero attached hydrogens (tertiary/aromatic N) is 4. The van der Waals surface area contributed by atoms with Crippen LogP contribution in [0, 0.1) is 6.92 Å². The number of methoxy groups -OCH3 is 2. The minimum Gasteiger partial charge on any atom is -0.497 e. The fourth-order valence-corrected chi connectivity index (χ4v) is 2.14. The highest BCUT2D eigenvalue weighted by molar-refractivity contribution is 5.65. The first kappa shape index (κ1) is 14.1. The molecule has 0 unspecified atom stereocenters. The Morgan fingerprint density at radius 3 is 2.77 bits per heavy atom. The summed E-state index contributed by atoms with van der Waals surface area (Å²) in [4.78, 5) is 8.47. The summed E-state index contributed by atoms with van der Waals surface area (Å²) >= 11 is 0. The van der Waals surface area contributed by atoms with Crippen LogP contribution in [0.1, 0.15) is 11.5 Å². The Morgan fingerprint density at radius 1 is 1.23 bits per heavy atom. The molecule has 0 aliphatic rings. The number of aromatic nitrogens is 4. The highest BCUT2D eigenvalue weighted by Gasteiger charge is 2.16. The Kier molecular flexibility index (Phi) is 3.78. The largest absolute Gasteiger partial charge is 0.497 e. The van der Waals surface area contributed by atoms with Crippen molar-refractivity contribution in [2.24, 2.45) is 0 Å². The summed E-state index contributed by atoms with van der Waals surface area (Å²) < 4.78 is 18.1. The number of hydrogen-bond acceptors (Lipinski definition) is 6. The Bertz CT molecular complexity index is 765. The zero-order chi connectivity index (χ0) is 15.5. The van der Waals surface area contributed by atoms with Crippen LogP contribution in [0.3, 0.4) is 0 Å². The van der Waals surface area contributed by atoms with Crippen LogP contribution >= 0.6 is 0 Å². The standard InChI is InChI=1S/C15H16N4O3/c1-10-13(7-19-9-16-8-17-19)18-15(22-10)12-6-11(20-2)4-5-14(12)21-3/h4-6,8-9H,7H2,1-3H3. The van der Waals surface area contributed by atoms with Crippen LogP contribution in [0.2, 0.25) is 0 Å². The Morgan fingerprint density at radius 2 is 2.09 bits per heavy atom. The van der Waals surface area contributed by atoms with Crippen LogP contribution < -0.4 is 9.47 Å². The van der Waals surface area contributed by atoms with Crippen LogP contribution in [0.15, 0.2) is 35.3 Å². The molecule has 114 valence electrons. The monoisotopic (exact) mass is 300 g/mol. The zero-order valence-corrected chi connectivity index (χ0v) is 12.6. The van der Waals surface area contributed by atoms with Crippen molar-refractivity contribution >= 4 is 0 Å². The van der Waals surface area contributed by atoms with E-state index in [1.54, 1.807) is 25.2 Å². The van der Waals surface area contributed by atoms with Gasteiger partial charge in [0.25, 0.3) is 0 Å². The van der Waals surface area contributed by atoms with Gasteiger partial charge in [0.1, 0.15) is 35.6 Å². The van der Waals surface area contributed by atoms with Gasteiger partial charge >= 0.3 is 0 Å². The number of oxazole rings is 1. The molecule has 0 spiro atoms. The number of ether oxygens (including phenoxy) is 2. The van der Waals surface area contributed by atoms with Gasteiger partial charge in [0, 0.05) is 0 Å². The lowest BCUT2D eigenvalue weighted by Crippen LogP contribution is -2.01. The molecule has 2 aromatic heterocycles. The van der Waals surface area contributed by atoms with Crippen LogP contribution in [0.25, 0.3) is 11.5 Å². The van der Waals surface area contributed by atoms with Gasteiger partial charge in [-0.3, -0.25) is 0 Å². The fourth-order valence-electron chi connectivity index (χ4n) is 2.14. The van der Waals surface area contributed by atoms with Crippen LogP contribution in [0.5, 0.6) is 11.5 Å². The molecule has 2 heterocycles. The molecule has 0 atom stereocenters. The summed E-state index contributed by atoms with van der Waals surface area (Å²) in [6, 6.07) is 5.49. The quantitative estimate of drug-likeness (QED) is 0.719. The highest BCUT2D eigenvalue weighted by atomic mass is 16.5. The molecule has 3 aromatic rings. The fraction of sp³-hybridized carbons (Fsp3) is 0.267. The summed E-state index contributed by atoms with van der Waals surface area (Å²) in [5, 5.41) is 4.07. The summed E-state index contributed by atoms with van der Waals surface area (Å²) in [6.45, 7) is 2.37. The van der Waals surface area contributed by atoms with Crippen molar-refractivity contribution in [2.45, 2.75) is 13.5 Å². The first-order valence-corrected chi connectivity index (χ1v) is 6.72. The molecule has 22 heavy (non-hydrogen) atoms. The van der Waals surface area contributed by atoms with Gasteiger partial charge in [-0.05, 0) is 25.1 Å². The number of hydrogen-bond donors (Lipinski definition) is 0.